The molecule has 3 rings (SSSR count). The molecule has 3 heteroatoms. The summed E-state index contributed by atoms with van der Waals surface area (Å²) in [5.41, 5.74) is 3.97. The van der Waals surface area contributed by atoms with Crippen molar-refractivity contribution in [3.05, 3.63) is 28.3 Å². The molecule has 1 aromatic carbocycles. The van der Waals surface area contributed by atoms with Crippen molar-refractivity contribution in [3.63, 3.8) is 0 Å². The first kappa shape index (κ1) is 10.4. The van der Waals surface area contributed by atoms with Crippen LogP contribution in [0, 0.1) is 6.92 Å². The van der Waals surface area contributed by atoms with Crippen LogP contribution < -0.4 is 10.2 Å². The van der Waals surface area contributed by atoms with Gasteiger partial charge in [0, 0.05) is 25.2 Å². The van der Waals surface area contributed by atoms with Crippen LogP contribution in [-0.4, -0.2) is 25.2 Å². The zero-order chi connectivity index (χ0) is 11.3. The maximum Gasteiger partial charge on any atom is 0.0645 e. The van der Waals surface area contributed by atoms with Crippen molar-refractivity contribution in [2.24, 2.45) is 0 Å². The van der Waals surface area contributed by atoms with Gasteiger partial charge in [-0.2, -0.15) is 0 Å². The average molecular weight is 237 g/mol. The van der Waals surface area contributed by atoms with Crippen molar-refractivity contribution < 1.29 is 0 Å². The van der Waals surface area contributed by atoms with Gasteiger partial charge < -0.3 is 10.2 Å². The van der Waals surface area contributed by atoms with Crippen molar-refractivity contribution in [1.82, 2.24) is 5.32 Å². The maximum atomic E-state index is 6.40. The third-order valence-corrected chi connectivity index (χ3v) is 3.98. The summed E-state index contributed by atoms with van der Waals surface area (Å²) in [5, 5.41) is 4.41. The predicted octanol–water partition coefficient (Wildman–Crippen LogP) is 2.37. The molecule has 2 aliphatic heterocycles. The topological polar surface area (TPSA) is 15.3 Å². The number of halogens is 1. The highest BCUT2D eigenvalue weighted by Gasteiger charge is 2.36. The van der Waals surface area contributed by atoms with Crippen LogP contribution in [0.4, 0.5) is 5.69 Å². The van der Waals surface area contributed by atoms with E-state index in [9.17, 15) is 0 Å². The van der Waals surface area contributed by atoms with Crippen molar-refractivity contribution >= 4 is 17.3 Å². The van der Waals surface area contributed by atoms with Gasteiger partial charge in [-0.3, -0.25) is 0 Å². The summed E-state index contributed by atoms with van der Waals surface area (Å²) in [6.45, 7) is 6.52. The van der Waals surface area contributed by atoms with Crippen LogP contribution in [0.1, 0.15) is 18.1 Å². The molecule has 0 radical (unpaired) electrons. The summed E-state index contributed by atoms with van der Waals surface area (Å²) in [4.78, 5) is 2.51. The van der Waals surface area contributed by atoms with E-state index in [1.165, 1.54) is 16.8 Å². The molecule has 2 nitrogen and oxygen atoms in total. The number of hydrogen-bond acceptors (Lipinski definition) is 2. The number of nitrogens with zero attached hydrogens (tertiary/aromatic N) is 1. The summed E-state index contributed by atoms with van der Waals surface area (Å²) in [5.74, 6) is 0. The molecule has 0 aromatic heterocycles. The molecule has 0 bridgehead atoms. The van der Waals surface area contributed by atoms with E-state index in [-0.39, 0.29) is 0 Å². The molecule has 0 spiro atoms. The largest absolute Gasteiger partial charge is 0.362 e. The van der Waals surface area contributed by atoms with Gasteiger partial charge in [-0.15, -0.1) is 0 Å². The summed E-state index contributed by atoms with van der Waals surface area (Å²) >= 11 is 6.40. The first-order valence-corrected chi connectivity index (χ1v) is 6.32. The van der Waals surface area contributed by atoms with Gasteiger partial charge in [-0.05, 0) is 37.5 Å². The molecule has 0 unspecified atom stereocenters. The van der Waals surface area contributed by atoms with Crippen LogP contribution in [0.5, 0.6) is 0 Å². The molecule has 1 N–H and O–H groups in total. The van der Waals surface area contributed by atoms with E-state index in [4.69, 9.17) is 11.6 Å². The fourth-order valence-corrected chi connectivity index (χ4v) is 3.49. The smallest absolute Gasteiger partial charge is 0.0645 e. The van der Waals surface area contributed by atoms with Gasteiger partial charge in [0.15, 0.2) is 0 Å². The Morgan fingerprint density at radius 1 is 1.38 bits per heavy atom. The first-order chi connectivity index (χ1) is 7.66. The molecular formula is C13H17ClN2. The summed E-state index contributed by atoms with van der Waals surface area (Å²) in [6, 6.07) is 5.50. The van der Waals surface area contributed by atoms with E-state index in [1.54, 1.807) is 0 Å². The fraction of sp³-hybridized carbons (Fsp3) is 0.538. The van der Waals surface area contributed by atoms with E-state index in [0.29, 0.717) is 12.1 Å². The molecule has 1 saturated heterocycles. The standard InChI is InChI=1S/C13H17ClN2/c1-8-3-10-5-11-7-15-6-9(2)16(11)13(10)12(14)4-8/h3-4,9,11,15H,5-7H2,1-2H3/t9-,11+/m1/s1. The maximum absolute atomic E-state index is 6.40. The number of rotatable bonds is 0. The zero-order valence-corrected chi connectivity index (χ0v) is 10.5. The third kappa shape index (κ3) is 1.44. The van der Waals surface area contributed by atoms with Crippen molar-refractivity contribution in [2.45, 2.75) is 32.4 Å². The molecule has 2 aliphatic rings. The highest BCUT2D eigenvalue weighted by atomic mass is 35.5. The van der Waals surface area contributed by atoms with E-state index in [2.05, 4.69) is 36.2 Å². The Labute approximate surface area is 102 Å². The molecule has 0 aliphatic carbocycles. The summed E-state index contributed by atoms with van der Waals surface area (Å²) in [7, 11) is 0. The number of aryl methyl sites for hydroxylation is 1. The van der Waals surface area contributed by atoms with Crippen molar-refractivity contribution in [3.8, 4) is 0 Å². The van der Waals surface area contributed by atoms with Crippen LogP contribution in [0.2, 0.25) is 5.02 Å². The lowest BCUT2D eigenvalue weighted by Crippen LogP contribution is -2.54. The zero-order valence-electron chi connectivity index (χ0n) is 9.76. The minimum absolute atomic E-state index is 0.542. The summed E-state index contributed by atoms with van der Waals surface area (Å²) in [6.07, 6.45) is 1.13. The average Bonchev–Trinajstić information content (AvgIpc) is 2.56. The second kappa shape index (κ2) is 3.64. The van der Waals surface area contributed by atoms with E-state index < -0.39 is 0 Å². The van der Waals surface area contributed by atoms with Gasteiger partial charge in [-0.25, -0.2) is 0 Å². The quantitative estimate of drug-likeness (QED) is 0.744. The van der Waals surface area contributed by atoms with Crippen LogP contribution >= 0.6 is 11.6 Å². The third-order valence-electron chi connectivity index (χ3n) is 3.69. The predicted molar refractivity (Wildman–Crippen MR) is 68.5 cm³/mol. The molecule has 2 heterocycles. The number of hydrogen-bond donors (Lipinski definition) is 1. The Morgan fingerprint density at radius 3 is 3.00 bits per heavy atom. The lowest BCUT2D eigenvalue weighted by Gasteiger charge is -2.38. The van der Waals surface area contributed by atoms with E-state index >= 15 is 0 Å². The van der Waals surface area contributed by atoms with Gasteiger partial charge in [0.25, 0.3) is 0 Å². The number of nitrogens with one attached hydrogen (secondary N) is 1. The van der Waals surface area contributed by atoms with Gasteiger partial charge >= 0.3 is 0 Å². The highest BCUT2D eigenvalue weighted by molar-refractivity contribution is 6.33. The molecular weight excluding hydrogens is 220 g/mol. The molecule has 0 amide bonds. The minimum atomic E-state index is 0.542. The number of fused-ring (bicyclic) bond motifs is 3. The number of benzene rings is 1. The van der Waals surface area contributed by atoms with Crippen LogP contribution in [0.3, 0.4) is 0 Å². The summed E-state index contributed by atoms with van der Waals surface area (Å²) < 4.78 is 0. The highest BCUT2D eigenvalue weighted by Crippen LogP contribution is 2.40. The lowest BCUT2D eigenvalue weighted by atomic mass is 10.1. The first-order valence-electron chi connectivity index (χ1n) is 5.95. The Kier molecular flexibility index (Phi) is 2.37. The monoisotopic (exact) mass is 236 g/mol. The van der Waals surface area contributed by atoms with Gasteiger partial charge in [0.2, 0.25) is 0 Å². The van der Waals surface area contributed by atoms with Gasteiger partial charge in [0.1, 0.15) is 0 Å². The van der Waals surface area contributed by atoms with Crippen molar-refractivity contribution in [1.29, 1.82) is 0 Å². The molecule has 2 atom stereocenters. The Bertz CT molecular complexity index is 430. The van der Waals surface area contributed by atoms with Crippen LogP contribution in [0.25, 0.3) is 0 Å². The molecule has 0 saturated carbocycles. The van der Waals surface area contributed by atoms with Crippen LogP contribution in [0.15, 0.2) is 12.1 Å². The second-order valence-electron chi connectivity index (χ2n) is 5.03. The molecule has 86 valence electrons. The normalized spacial score (nSPS) is 27.8. The Balaban J connectivity index is 2.10. The molecule has 16 heavy (non-hydrogen) atoms. The SMILES string of the molecule is Cc1cc(Cl)c2c(c1)C[C@H]1CNC[C@@H](C)N21. The lowest BCUT2D eigenvalue weighted by molar-refractivity contribution is 0.430. The van der Waals surface area contributed by atoms with Gasteiger partial charge in [0.05, 0.1) is 10.7 Å². The Morgan fingerprint density at radius 2 is 2.19 bits per heavy atom. The fourth-order valence-electron chi connectivity index (χ4n) is 3.09. The number of piperazine rings is 1. The molecule has 1 fully saturated rings. The second-order valence-corrected chi connectivity index (χ2v) is 5.43. The Hall–Kier alpha value is -0.730. The van der Waals surface area contributed by atoms with Crippen LogP contribution in [-0.2, 0) is 6.42 Å². The van der Waals surface area contributed by atoms with Crippen molar-refractivity contribution in [2.75, 3.05) is 18.0 Å². The molecule has 1 aromatic rings. The van der Waals surface area contributed by atoms with E-state index in [0.717, 1.165) is 24.5 Å². The van der Waals surface area contributed by atoms with Gasteiger partial charge in [-0.1, -0.05) is 17.7 Å². The number of anilines is 1. The van der Waals surface area contributed by atoms with E-state index in [1.807, 2.05) is 0 Å². The minimum Gasteiger partial charge on any atom is -0.362 e.